The number of hydrogen-bond acceptors (Lipinski definition) is 4. The third-order valence-electron chi connectivity index (χ3n) is 9.53. The molecule has 286 valence electrons. The summed E-state index contributed by atoms with van der Waals surface area (Å²) < 4.78 is 12.8. The number of aromatic hydroxyl groups is 2. The fourth-order valence-electron chi connectivity index (χ4n) is 6.42. The number of benzene rings is 6. The molecule has 0 aliphatic rings. The second kappa shape index (κ2) is 19.3. The topological polar surface area (TPSA) is 58.9 Å². The Kier molecular flexibility index (Phi) is 15.7. The van der Waals surface area contributed by atoms with Gasteiger partial charge in [0.15, 0.2) is 0 Å². The Balaban J connectivity index is 0.00000271. The zero-order valence-electron chi connectivity index (χ0n) is 33.7. The molecule has 0 saturated carbocycles. The van der Waals surface area contributed by atoms with Crippen molar-refractivity contribution in [1.29, 1.82) is 0 Å². The van der Waals surface area contributed by atoms with E-state index < -0.39 is 0 Å². The molecule has 0 atom stereocenters. The van der Waals surface area contributed by atoms with E-state index in [-0.39, 0.29) is 63.0 Å². The SMILES string of the molecule is CC(C)(C)c1cc(-c2ccccc2)c(O)c(-c2ccccc2OCCCCOc2ccccc2-c2cc(C(C)(C)C)cc(-c3ccccc3)c2O)c1.[CH3-].[CH3-].[Hf]. The molecule has 0 aromatic heterocycles. The minimum atomic E-state index is -0.112. The number of para-hydroxylation sites is 2. The summed E-state index contributed by atoms with van der Waals surface area (Å²) in [5.74, 6) is 1.96. The van der Waals surface area contributed by atoms with Crippen LogP contribution in [0.2, 0.25) is 0 Å². The van der Waals surface area contributed by atoms with Gasteiger partial charge in [0.05, 0.1) is 13.2 Å². The first-order chi connectivity index (χ1) is 24.9. The van der Waals surface area contributed by atoms with Crippen LogP contribution in [0.5, 0.6) is 23.0 Å². The van der Waals surface area contributed by atoms with Gasteiger partial charge in [0.25, 0.3) is 0 Å². The minimum Gasteiger partial charge on any atom is -0.507 e. The summed E-state index contributed by atoms with van der Waals surface area (Å²) in [5, 5.41) is 23.2. The van der Waals surface area contributed by atoms with Gasteiger partial charge in [0.2, 0.25) is 0 Å². The Morgan fingerprint density at radius 1 is 0.418 bits per heavy atom. The molecule has 5 heteroatoms. The molecule has 0 fully saturated rings. The van der Waals surface area contributed by atoms with Crippen molar-refractivity contribution >= 4 is 0 Å². The van der Waals surface area contributed by atoms with Crippen molar-refractivity contribution in [3.63, 3.8) is 0 Å². The van der Waals surface area contributed by atoms with E-state index in [1.165, 1.54) is 0 Å². The number of ether oxygens (including phenoxy) is 2. The molecule has 6 aromatic rings. The normalized spacial score (nSPS) is 11.1. The van der Waals surface area contributed by atoms with Crippen LogP contribution in [0.3, 0.4) is 0 Å². The smallest absolute Gasteiger partial charge is 0.131 e. The number of rotatable bonds is 11. The summed E-state index contributed by atoms with van der Waals surface area (Å²) in [6, 6.07) is 44.3. The molecule has 0 spiro atoms. The van der Waals surface area contributed by atoms with Crippen LogP contribution < -0.4 is 9.47 Å². The molecule has 0 saturated heterocycles. The summed E-state index contributed by atoms with van der Waals surface area (Å²) in [6.07, 6.45) is 1.56. The van der Waals surface area contributed by atoms with Crippen LogP contribution in [0, 0.1) is 14.9 Å². The second-order valence-electron chi connectivity index (χ2n) is 15.5. The van der Waals surface area contributed by atoms with E-state index in [2.05, 4.69) is 65.8 Å². The monoisotopic (exact) mass is 900 g/mol. The summed E-state index contributed by atoms with van der Waals surface area (Å²) in [6.45, 7) is 14.1. The molecule has 0 amide bonds. The van der Waals surface area contributed by atoms with Crippen molar-refractivity contribution in [3.8, 4) is 67.5 Å². The maximum Gasteiger partial charge on any atom is 0.131 e. The van der Waals surface area contributed by atoms with Crippen LogP contribution in [-0.4, -0.2) is 23.4 Å². The Bertz CT molecular complexity index is 1970. The summed E-state index contributed by atoms with van der Waals surface area (Å²) >= 11 is 0. The van der Waals surface area contributed by atoms with Crippen LogP contribution in [0.1, 0.15) is 65.5 Å². The van der Waals surface area contributed by atoms with Crippen LogP contribution in [-0.2, 0) is 36.7 Å². The fourth-order valence-corrected chi connectivity index (χ4v) is 6.42. The van der Waals surface area contributed by atoms with Crippen molar-refractivity contribution in [1.82, 2.24) is 0 Å². The molecule has 6 rings (SSSR count). The van der Waals surface area contributed by atoms with Crippen molar-refractivity contribution in [2.75, 3.05) is 13.2 Å². The molecule has 6 aromatic carbocycles. The van der Waals surface area contributed by atoms with Gasteiger partial charge in [-0.05, 0) is 82.3 Å². The standard InChI is InChI=1S/C48H50O4.2CH3.Hf/c1-47(2,3)35-29-39(33-19-9-7-10-20-33)45(49)41(31-35)37-23-13-15-25-43(37)51-27-17-18-28-52-44-26-16-14-24-38(44)42-32-36(48(4,5)6)30-40(46(42)50)34-21-11-8-12-22-34;;;/h7-16,19-26,29-32,49-50H,17-18,27-28H2,1-6H3;2*1H3;/q;2*-1;. The zero-order chi connectivity index (χ0) is 36.9. The molecule has 55 heavy (non-hydrogen) atoms. The van der Waals surface area contributed by atoms with Crippen molar-refractivity contribution in [2.24, 2.45) is 0 Å². The van der Waals surface area contributed by atoms with Gasteiger partial charge in [-0.1, -0.05) is 139 Å². The first-order valence-electron chi connectivity index (χ1n) is 18.2. The predicted octanol–water partition coefficient (Wildman–Crippen LogP) is 13.5. The molecule has 0 bridgehead atoms. The Morgan fingerprint density at radius 2 is 0.727 bits per heavy atom. The van der Waals surface area contributed by atoms with E-state index in [0.717, 1.165) is 80.0 Å². The Hall–Kier alpha value is -4.61. The van der Waals surface area contributed by atoms with Crippen LogP contribution in [0.15, 0.2) is 133 Å². The average molecular weight is 899 g/mol. The molecule has 0 radical (unpaired) electrons. The summed E-state index contributed by atoms with van der Waals surface area (Å²) in [7, 11) is 0. The first-order valence-corrected chi connectivity index (χ1v) is 18.2. The van der Waals surface area contributed by atoms with Gasteiger partial charge in [-0.25, -0.2) is 0 Å². The maximum atomic E-state index is 11.6. The number of phenols is 2. The fraction of sp³-hybridized carbons (Fsp3) is 0.240. The van der Waals surface area contributed by atoms with Gasteiger partial charge < -0.3 is 34.5 Å². The summed E-state index contributed by atoms with van der Waals surface area (Å²) in [5.41, 5.74) is 8.87. The molecule has 0 unspecified atom stereocenters. The van der Waals surface area contributed by atoms with Gasteiger partial charge in [0, 0.05) is 59.2 Å². The molecule has 2 N–H and O–H groups in total. The van der Waals surface area contributed by atoms with E-state index in [1.807, 2.05) is 109 Å². The molecule has 0 heterocycles. The van der Waals surface area contributed by atoms with E-state index in [1.54, 1.807) is 0 Å². The molecule has 0 aliphatic carbocycles. The Labute approximate surface area is 349 Å². The quantitative estimate of drug-likeness (QED) is 0.0773. The minimum absolute atomic E-state index is 0. The van der Waals surface area contributed by atoms with Crippen molar-refractivity contribution in [3.05, 3.63) is 159 Å². The van der Waals surface area contributed by atoms with Gasteiger partial charge >= 0.3 is 0 Å². The third-order valence-corrected chi connectivity index (χ3v) is 9.53. The molecular formula is C50H56HfO4-2. The van der Waals surface area contributed by atoms with Crippen LogP contribution >= 0.6 is 0 Å². The van der Waals surface area contributed by atoms with E-state index in [0.29, 0.717) is 13.2 Å². The Morgan fingerprint density at radius 3 is 1.07 bits per heavy atom. The van der Waals surface area contributed by atoms with E-state index in [4.69, 9.17) is 9.47 Å². The van der Waals surface area contributed by atoms with Crippen LogP contribution in [0.4, 0.5) is 0 Å². The van der Waals surface area contributed by atoms with E-state index in [9.17, 15) is 10.2 Å². The average Bonchev–Trinajstić information content (AvgIpc) is 3.13. The van der Waals surface area contributed by atoms with Crippen LogP contribution in [0.25, 0.3) is 44.5 Å². The van der Waals surface area contributed by atoms with Crippen molar-refractivity contribution < 1.29 is 45.5 Å². The second-order valence-corrected chi connectivity index (χ2v) is 15.5. The van der Waals surface area contributed by atoms with Crippen molar-refractivity contribution in [2.45, 2.75) is 65.2 Å². The van der Waals surface area contributed by atoms with Gasteiger partial charge in [0.1, 0.15) is 23.0 Å². The summed E-state index contributed by atoms with van der Waals surface area (Å²) in [4.78, 5) is 0. The maximum absolute atomic E-state index is 11.6. The third kappa shape index (κ3) is 10.6. The number of unbranched alkanes of at least 4 members (excludes halogenated alkanes) is 1. The van der Waals surface area contributed by atoms with Gasteiger partial charge in [-0.15, -0.1) is 0 Å². The zero-order valence-corrected chi connectivity index (χ0v) is 37.3. The van der Waals surface area contributed by atoms with Gasteiger partial charge in [-0.2, -0.15) is 0 Å². The largest absolute Gasteiger partial charge is 0.507 e. The number of hydrogen-bond donors (Lipinski definition) is 2. The number of phenolic OH excluding ortho intramolecular Hbond substituents is 2. The molecule has 4 nitrogen and oxygen atoms in total. The predicted molar refractivity (Wildman–Crippen MR) is 228 cm³/mol. The molecule has 0 aliphatic heterocycles. The van der Waals surface area contributed by atoms with E-state index >= 15 is 0 Å². The molecular weight excluding hydrogens is 843 g/mol. The first kappa shape index (κ1) is 44.8. The van der Waals surface area contributed by atoms with Gasteiger partial charge in [-0.3, -0.25) is 0 Å².